The molecular weight excluding hydrogens is 274 g/mol. The van der Waals surface area contributed by atoms with Crippen molar-refractivity contribution in [3.8, 4) is 0 Å². The Morgan fingerprint density at radius 1 is 1.09 bits per heavy atom. The molecule has 0 saturated heterocycles. The van der Waals surface area contributed by atoms with Gasteiger partial charge >= 0.3 is 0 Å². The number of nitrogens with zero attached hydrogens (tertiary/aromatic N) is 1. The van der Waals surface area contributed by atoms with E-state index in [9.17, 15) is 4.79 Å². The number of benzene rings is 2. The second-order valence-electron chi connectivity index (χ2n) is 5.90. The van der Waals surface area contributed by atoms with Gasteiger partial charge in [-0.2, -0.15) is 0 Å². The highest BCUT2D eigenvalue weighted by atomic mass is 16.3. The van der Waals surface area contributed by atoms with Gasteiger partial charge in [-0.25, -0.2) is 0 Å². The molecule has 0 aliphatic carbocycles. The Kier molecular flexibility index (Phi) is 3.00. The Morgan fingerprint density at radius 3 is 2.77 bits per heavy atom. The molecule has 0 atom stereocenters. The first-order valence-electron chi connectivity index (χ1n) is 7.57. The minimum absolute atomic E-state index is 0.0247. The van der Waals surface area contributed by atoms with E-state index in [1.165, 1.54) is 16.7 Å². The Balaban J connectivity index is 1.64. The number of carbonyl (C=O) groups excluding carboxylic acids is 1. The molecule has 2 heterocycles. The summed E-state index contributed by atoms with van der Waals surface area (Å²) in [7, 11) is 0. The fourth-order valence-electron chi connectivity index (χ4n) is 3.09. The minimum Gasteiger partial charge on any atom is -0.451 e. The topological polar surface area (TPSA) is 33.5 Å². The van der Waals surface area contributed by atoms with Crippen molar-refractivity contribution in [1.29, 1.82) is 0 Å². The van der Waals surface area contributed by atoms with Gasteiger partial charge in [-0.15, -0.1) is 0 Å². The second-order valence-corrected chi connectivity index (χ2v) is 5.90. The predicted molar refractivity (Wildman–Crippen MR) is 85.8 cm³/mol. The normalized spacial score (nSPS) is 14.1. The van der Waals surface area contributed by atoms with Gasteiger partial charge < -0.3 is 9.32 Å². The van der Waals surface area contributed by atoms with Gasteiger partial charge in [0.05, 0.1) is 0 Å². The van der Waals surface area contributed by atoms with Gasteiger partial charge in [-0.05, 0) is 42.7 Å². The van der Waals surface area contributed by atoms with Crippen molar-refractivity contribution in [2.45, 2.75) is 19.9 Å². The average Bonchev–Trinajstić information content (AvgIpc) is 2.96. The molecule has 1 amide bonds. The molecule has 0 radical (unpaired) electrons. The molecule has 4 rings (SSSR count). The molecule has 0 saturated carbocycles. The molecule has 3 nitrogen and oxygen atoms in total. The van der Waals surface area contributed by atoms with Crippen LogP contribution in [0.25, 0.3) is 11.0 Å². The SMILES string of the molecule is Cc1ccc2oc(C(=O)N3CCc4ccccc4C3)cc2c1. The van der Waals surface area contributed by atoms with Crippen molar-refractivity contribution in [3.63, 3.8) is 0 Å². The third-order valence-electron chi connectivity index (χ3n) is 4.30. The zero-order valence-corrected chi connectivity index (χ0v) is 12.5. The second kappa shape index (κ2) is 5.02. The predicted octanol–water partition coefficient (Wildman–Crippen LogP) is 3.94. The first-order valence-corrected chi connectivity index (χ1v) is 7.57. The lowest BCUT2D eigenvalue weighted by molar-refractivity contribution is 0.0705. The van der Waals surface area contributed by atoms with Crippen LogP contribution >= 0.6 is 0 Å². The van der Waals surface area contributed by atoms with Crippen molar-refractivity contribution in [3.05, 3.63) is 71.0 Å². The standard InChI is InChI=1S/C19H17NO2/c1-13-6-7-17-16(10-13)11-18(22-17)19(21)20-9-8-14-4-2-3-5-15(14)12-20/h2-7,10-11H,8-9,12H2,1H3. The van der Waals surface area contributed by atoms with Crippen molar-refractivity contribution in [2.75, 3.05) is 6.54 Å². The van der Waals surface area contributed by atoms with Gasteiger partial charge in [0.1, 0.15) is 5.58 Å². The number of aryl methyl sites for hydroxylation is 1. The van der Waals surface area contributed by atoms with Crippen molar-refractivity contribution >= 4 is 16.9 Å². The van der Waals surface area contributed by atoms with Crippen LogP contribution in [0.1, 0.15) is 27.2 Å². The Labute approximate surface area is 129 Å². The molecule has 0 N–H and O–H groups in total. The molecule has 0 bridgehead atoms. The van der Waals surface area contributed by atoms with Crippen LogP contribution in [-0.2, 0) is 13.0 Å². The molecule has 2 aromatic carbocycles. The van der Waals surface area contributed by atoms with E-state index < -0.39 is 0 Å². The van der Waals surface area contributed by atoms with Gasteiger partial charge in [-0.1, -0.05) is 35.9 Å². The summed E-state index contributed by atoms with van der Waals surface area (Å²) in [6, 6.07) is 16.1. The van der Waals surface area contributed by atoms with Crippen LogP contribution in [0.15, 0.2) is 52.9 Å². The summed E-state index contributed by atoms with van der Waals surface area (Å²) in [5, 5.41) is 0.987. The molecule has 1 aromatic heterocycles. The molecule has 1 aliphatic heterocycles. The quantitative estimate of drug-likeness (QED) is 0.680. The number of hydrogen-bond donors (Lipinski definition) is 0. The molecule has 3 aromatic rings. The van der Waals surface area contributed by atoms with Crippen LogP contribution < -0.4 is 0 Å². The summed E-state index contributed by atoms with van der Waals surface area (Å²) in [6.07, 6.45) is 0.904. The van der Waals surface area contributed by atoms with Gasteiger partial charge in [0.25, 0.3) is 5.91 Å². The molecule has 1 aliphatic rings. The minimum atomic E-state index is -0.0247. The summed E-state index contributed by atoms with van der Waals surface area (Å²) in [6.45, 7) is 3.44. The molecule has 0 spiro atoms. The molecule has 0 unspecified atom stereocenters. The Morgan fingerprint density at radius 2 is 1.91 bits per heavy atom. The van der Waals surface area contributed by atoms with Crippen LogP contribution in [0.3, 0.4) is 0 Å². The largest absolute Gasteiger partial charge is 0.451 e. The van der Waals surface area contributed by atoms with E-state index in [-0.39, 0.29) is 5.91 Å². The van der Waals surface area contributed by atoms with Crippen molar-refractivity contribution < 1.29 is 9.21 Å². The van der Waals surface area contributed by atoms with Crippen LogP contribution in [-0.4, -0.2) is 17.4 Å². The van der Waals surface area contributed by atoms with E-state index in [0.29, 0.717) is 12.3 Å². The third-order valence-corrected chi connectivity index (χ3v) is 4.30. The van der Waals surface area contributed by atoms with E-state index in [1.807, 2.05) is 42.2 Å². The highest BCUT2D eigenvalue weighted by molar-refractivity contribution is 5.96. The summed E-state index contributed by atoms with van der Waals surface area (Å²) in [5.41, 5.74) is 4.51. The smallest absolute Gasteiger partial charge is 0.289 e. The van der Waals surface area contributed by atoms with E-state index in [4.69, 9.17) is 4.42 Å². The lowest BCUT2D eigenvalue weighted by Gasteiger charge is -2.28. The Hall–Kier alpha value is -2.55. The first kappa shape index (κ1) is 13.1. The number of amides is 1. The molecule has 22 heavy (non-hydrogen) atoms. The zero-order valence-electron chi connectivity index (χ0n) is 12.5. The highest BCUT2D eigenvalue weighted by Crippen LogP contribution is 2.24. The van der Waals surface area contributed by atoms with Crippen LogP contribution in [0.4, 0.5) is 0 Å². The molecule has 110 valence electrons. The van der Waals surface area contributed by atoms with Gasteiger partial charge in [-0.3, -0.25) is 4.79 Å². The number of fused-ring (bicyclic) bond motifs is 2. The van der Waals surface area contributed by atoms with Crippen molar-refractivity contribution in [1.82, 2.24) is 4.90 Å². The summed E-state index contributed by atoms with van der Waals surface area (Å²) < 4.78 is 5.73. The van der Waals surface area contributed by atoms with Gasteiger partial charge in [0, 0.05) is 18.5 Å². The monoisotopic (exact) mass is 291 g/mol. The fourth-order valence-corrected chi connectivity index (χ4v) is 3.09. The maximum atomic E-state index is 12.7. The molecule has 3 heteroatoms. The van der Waals surface area contributed by atoms with Crippen molar-refractivity contribution in [2.24, 2.45) is 0 Å². The number of hydrogen-bond acceptors (Lipinski definition) is 2. The third kappa shape index (κ3) is 2.19. The van der Waals surface area contributed by atoms with Crippen LogP contribution in [0, 0.1) is 6.92 Å². The van der Waals surface area contributed by atoms with E-state index in [0.717, 1.165) is 23.9 Å². The Bertz CT molecular complexity index is 863. The number of furan rings is 1. The van der Waals surface area contributed by atoms with Crippen LogP contribution in [0.2, 0.25) is 0 Å². The van der Waals surface area contributed by atoms with E-state index in [2.05, 4.69) is 18.2 Å². The maximum absolute atomic E-state index is 12.7. The average molecular weight is 291 g/mol. The highest BCUT2D eigenvalue weighted by Gasteiger charge is 2.24. The van der Waals surface area contributed by atoms with Crippen LogP contribution in [0.5, 0.6) is 0 Å². The fraction of sp³-hybridized carbons (Fsp3) is 0.211. The lowest BCUT2D eigenvalue weighted by Crippen LogP contribution is -2.35. The number of rotatable bonds is 1. The zero-order chi connectivity index (χ0) is 15.1. The van der Waals surface area contributed by atoms with E-state index >= 15 is 0 Å². The van der Waals surface area contributed by atoms with Gasteiger partial charge in [0.2, 0.25) is 0 Å². The molecular formula is C19H17NO2. The van der Waals surface area contributed by atoms with Gasteiger partial charge in [0.15, 0.2) is 5.76 Å². The maximum Gasteiger partial charge on any atom is 0.289 e. The summed E-state index contributed by atoms with van der Waals surface area (Å²) in [5.74, 6) is 0.406. The lowest BCUT2D eigenvalue weighted by atomic mass is 10.00. The van der Waals surface area contributed by atoms with E-state index in [1.54, 1.807) is 0 Å². The summed E-state index contributed by atoms with van der Waals surface area (Å²) >= 11 is 0. The first-order chi connectivity index (χ1) is 10.7. The number of carbonyl (C=O) groups is 1. The summed E-state index contributed by atoms with van der Waals surface area (Å²) in [4.78, 5) is 14.6. The molecule has 0 fully saturated rings.